The molecule has 142 valence electrons. The maximum absolute atomic E-state index is 12.8. The highest BCUT2D eigenvalue weighted by Gasteiger charge is 2.24. The van der Waals surface area contributed by atoms with Gasteiger partial charge in [0.05, 0.1) is 26.2 Å². The van der Waals surface area contributed by atoms with Crippen molar-refractivity contribution in [3.05, 3.63) is 58.7 Å². The van der Waals surface area contributed by atoms with Gasteiger partial charge in [-0.2, -0.15) is 0 Å². The van der Waals surface area contributed by atoms with Crippen molar-refractivity contribution >= 4 is 17.7 Å². The number of carbonyl (C=O) groups is 3. The number of aliphatic carboxylic acids is 1. The fourth-order valence-corrected chi connectivity index (χ4v) is 2.63. The Bertz CT molecular complexity index is 867. The Kier molecular flexibility index (Phi) is 6.54. The topological polar surface area (TPSA) is 99.1 Å². The van der Waals surface area contributed by atoms with Gasteiger partial charge in [-0.05, 0) is 6.07 Å². The van der Waals surface area contributed by atoms with Gasteiger partial charge in [-0.3, -0.25) is 14.4 Å². The van der Waals surface area contributed by atoms with E-state index in [0.717, 1.165) is 12.5 Å². The Morgan fingerprint density at radius 1 is 1.15 bits per heavy atom. The van der Waals surface area contributed by atoms with Crippen LogP contribution in [-0.4, -0.2) is 37.0 Å². The predicted molar refractivity (Wildman–Crippen MR) is 96.2 cm³/mol. The summed E-state index contributed by atoms with van der Waals surface area (Å²) in [6.07, 6.45) is 0.0296. The van der Waals surface area contributed by atoms with Gasteiger partial charge in [-0.1, -0.05) is 24.3 Å². The van der Waals surface area contributed by atoms with Crippen molar-refractivity contribution in [1.82, 2.24) is 0 Å². The summed E-state index contributed by atoms with van der Waals surface area (Å²) >= 11 is 0. The first-order chi connectivity index (χ1) is 12.9. The van der Waals surface area contributed by atoms with Crippen LogP contribution in [0.1, 0.15) is 34.0 Å². The molecule has 2 aromatic carbocycles. The number of hydrogen-bond donors (Lipinski definition) is 1. The number of carboxylic acids is 1. The average molecular weight is 372 g/mol. The quantitative estimate of drug-likeness (QED) is 0.827. The van der Waals surface area contributed by atoms with Crippen molar-refractivity contribution in [2.45, 2.75) is 20.0 Å². The lowest BCUT2D eigenvalue weighted by Gasteiger charge is -2.13. The van der Waals surface area contributed by atoms with E-state index in [4.69, 9.17) is 24.1 Å². The van der Waals surface area contributed by atoms with Crippen molar-refractivity contribution in [2.75, 3.05) is 14.2 Å². The molecule has 0 atom stereocenters. The first kappa shape index (κ1) is 20.0. The molecule has 1 N–H and O–H groups in total. The molecule has 0 fully saturated rings. The molecule has 0 bridgehead atoms. The molecule has 0 aliphatic carbocycles. The zero-order valence-corrected chi connectivity index (χ0v) is 15.3. The average Bonchev–Trinajstić information content (AvgIpc) is 2.78. The standard InChI is InChI=1S/C18H16O5.C2H4O2/c1-21-15-9-16-14(7-12(15)8-17(19)22-2)18(20)13-6-4-3-5-11(13)10-23-16;1-2(3)4/h3-7,9H,8,10H2,1-2H3;1H3,(H,3,4). The molecule has 0 unspecified atom stereocenters. The first-order valence-corrected chi connectivity index (χ1v) is 8.10. The van der Waals surface area contributed by atoms with Crippen LogP contribution in [0.25, 0.3) is 0 Å². The summed E-state index contributed by atoms with van der Waals surface area (Å²) in [6.45, 7) is 1.40. The van der Waals surface area contributed by atoms with Gasteiger partial charge in [0.2, 0.25) is 0 Å². The fourth-order valence-electron chi connectivity index (χ4n) is 2.63. The van der Waals surface area contributed by atoms with E-state index >= 15 is 0 Å². The number of fused-ring (bicyclic) bond motifs is 2. The van der Waals surface area contributed by atoms with E-state index in [-0.39, 0.29) is 12.2 Å². The molecule has 2 aromatic rings. The van der Waals surface area contributed by atoms with Gasteiger partial charge in [0, 0.05) is 29.7 Å². The lowest BCUT2D eigenvalue weighted by molar-refractivity contribution is -0.140. The van der Waals surface area contributed by atoms with Gasteiger partial charge in [-0.15, -0.1) is 0 Å². The zero-order chi connectivity index (χ0) is 20.0. The summed E-state index contributed by atoms with van der Waals surface area (Å²) in [5.41, 5.74) is 2.46. The molecule has 0 amide bonds. The summed E-state index contributed by atoms with van der Waals surface area (Å²) in [4.78, 5) is 33.4. The van der Waals surface area contributed by atoms with Crippen LogP contribution in [0.5, 0.6) is 11.5 Å². The second-order valence-electron chi connectivity index (χ2n) is 5.71. The molecule has 0 saturated carbocycles. The second kappa shape index (κ2) is 8.84. The third-order valence-electron chi connectivity index (χ3n) is 3.83. The van der Waals surface area contributed by atoms with E-state index < -0.39 is 11.9 Å². The van der Waals surface area contributed by atoms with E-state index in [1.807, 2.05) is 18.2 Å². The number of ketones is 1. The molecule has 0 spiro atoms. The number of hydrogen-bond acceptors (Lipinski definition) is 6. The summed E-state index contributed by atoms with van der Waals surface area (Å²) in [7, 11) is 2.83. The Morgan fingerprint density at radius 3 is 2.44 bits per heavy atom. The van der Waals surface area contributed by atoms with Crippen LogP contribution in [0.3, 0.4) is 0 Å². The van der Waals surface area contributed by atoms with E-state index in [2.05, 4.69) is 0 Å². The van der Waals surface area contributed by atoms with E-state index in [9.17, 15) is 9.59 Å². The summed E-state index contributed by atoms with van der Waals surface area (Å²) < 4.78 is 15.8. The predicted octanol–water partition coefficient (Wildman–Crippen LogP) is 2.63. The summed E-state index contributed by atoms with van der Waals surface area (Å²) in [6, 6.07) is 10.6. The zero-order valence-electron chi connectivity index (χ0n) is 15.3. The molecule has 0 aromatic heterocycles. The molecule has 1 aliphatic heterocycles. The number of ether oxygens (including phenoxy) is 3. The van der Waals surface area contributed by atoms with Crippen molar-refractivity contribution in [2.24, 2.45) is 0 Å². The Labute approximate surface area is 156 Å². The van der Waals surface area contributed by atoms with Crippen LogP contribution >= 0.6 is 0 Å². The van der Waals surface area contributed by atoms with E-state index in [0.29, 0.717) is 34.8 Å². The molecule has 0 saturated heterocycles. The van der Waals surface area contributed by atoms with Crippen molar-refractivity contribution < 1.29 is 33.7 Å². The molecule has 0 radical (unpaired) electrons. The van der Waals surface area contributed by atoms with Crippen LogP contribution in [0.4, 0.5) is 0 Å². The summed E-state index contributed by atoms with van der Waals surface area (Å²) in [5, 5.41) is 7.42. The fraction of sp³-hybridized carbons (Fsp3) is 0.250. The molecule has 1 aliphatic rings. The monoisotopic (exact) mass is 372 g/mol. The normalized spacial score (nSPS) is 11.6. The van der Waals surface area contributed by atoms with Crippen LogP contribution in [-0.2, 0) is 27.4 Å². The van der Waals surface area contributed by atoms with E-state index in [1.165, 1.54) is 14.2 Å². The van der Waals surface area contributed by atoms with Gasteiger partial charge in [0.25, 0.3) is 5.97 Å². The van der Waals surface area contributed by atoms with Crippen molar-refractivity contribution in [3.63, 3.8) is 0 Å². The third-order valence-corrected chi connectivity index (χ3v) is 3.83. The van der Waals surface area contributed by atoms with Gasteiger partial charge < -0.3 is 19.3 Å². The Morgan fingerprint density at radius 2 is 1.81 bits per heavy atom. The van der Waals surface area contributed by atoms with Gasteiger partial charge >= 0.3 is 5.97 Å². The summed E-state index contributed by atoms with van der Waals surface area (Å²) in [5.74, 6) is -0.405. The van der Waals surface area contributed by atoms with Gasteiger partial charge in [-0.25, -0.2) is 0 Å². The molecular formula is C20H20O7. The van der Waals surface area contributed by atoms with Gasteiger partial charge in [0.15, 0.2) is 5.78 Å². The first-order valence-electron chi connectivity index (χ1n) is 8.10. The maximum atomic E-state index is 12.8. The highest BCUT2D eigenvalue weighted by molar-refractivity contribution is 6.12. The molecule has 7 nitrogen and oxygen atoms in total. The van der Waals surface area contributed by atoms with Crippen LogP contribution in [0.2, 0.25) is 0 Å². The molecule has 3 rings (SSSR count). The SMILES string of the molecule is CC(=O)O.COC(=O)Cc1cc2c(cc1OC)OCc1ccccc1C2=O. The van der Waals surface area contributed by atoms with E-state index in [1.54, 1.807) is 18.2 Å². The van der Waals surface area contributed by atoms with Crippen LogP contribution < -0.4 is 9.47 Å². The number of methoxy groups -OCH3 is 2. The number of benzene rings is 2. The minimum Gasteiger partial charge on any atom is -0.496 e. The molecule has 27 heavy (non-hydrogen) atoms. The number of carboxylic acid groups (broad SMARTS) is 1. The Hall–Kier alpha value is -3.35. The smallest absolute Gasteiger partial charge is 0.310 e. The lowest BCUT2D eigenvalue weighted by atomic mass is 9.97. The molecular weight excluding hydrogens is 352 g/mol. The molecule has 7 heteroatoms. The van der Waals surface area contributed by atoms with Crippen LogP contribution in [0, 0.1) is 0 Å². The number of carbonyl (C=O) groups excluding carboxylic acids is 2. The minimum absolute atomic E-state index is 0.0296. The van der Waals surface area contributed by atoms with Gasteiger partial charge in [0.1, 0.15) is 18.1 Å². The number of rotatable bonds is 3. The lowest BCUT2D eigenvalue weighted by Crippen LogP contribution is -2.09. The largest absolute Gasteiger partial charge is 0.496 e. The second-order valence-corrected chi connectivity index (χ2v) is 5.71. The maximum Gasteiger partial charge on any atom is 0.310 e. The molecule has 1 heterocycles. The van der Waals surface area contributed by atoms with Crippen molar-refractivity contribution in [3.8, 4) is 11.5 Å². The Balaban J connectivity index is 0.000000596. The number of esters is 1. The minimum atomic E-state index is -0.833. The highest BCUT2D eigenvalue weighted by atomic mass is 16.5. The highest BCUT2D eigenvalue weighted by Crippen LogP contribution is 2.34. The van der Waals surface area contributed by atoms with Crippen LogP contribution in [0.15, 0.2) is 36.4 Å². The third kappa shape index (κ3) is 4.84. The van der Waals surface area contributed by atoms with Crippen molar-refractivity contribution in [1.29, 1.82) is 0 Å².